The van der Waals surface area contributed by atoms with E-state index in [0.717, 1.165) is 32.2 Å². The quantitative estimate of drug-likeness (QED) is 0.220. The number of azo groups is 1. The van der Waals surface area contributed by atoms with Crippen molar-refractivity contribution in [2.45, 2.75) is 52.4 Å². The molecule has 0 heterocycles. The van der Waals surface area contributed by atoms with Gasteiger partial charge in [-0.1, -0.05) is 39.5 Å². The van der Waals surface area contributed by atoms with Crippen molar-refractivity contribution in [3.8, 4) is 6.07 Å². The summed E-state index contributed by atoms with van der Waals surface area (Å²) < 4.78 is 0. The fraction of sp³-hybridized carbons (Fsp3) is 0.833. The maximum Gasteiger partial charge on any atom is 0.269 e. The van der Waals surface area contributed by atoms with Gasteiger partial charge in [0.2, 0.25) is 0 Å². The number of hydrazone groups is 1. The number of hydrogen-bond donors (Lipinski definition) is 1. The molecular weight excluding hydrogens is 214 g/mol. The summed E-state index contributed by atoms with van der Waals surface area (Å²) >= 11 is 0. The van der Waals surface area contributed by atoms with Crippen LogP contribution in [-0.4, -0.2) is 18.9 Å². The Bertz CT molecular complexity index is 265. The lowest BCUT2D eigenvalue weighted by Gasteiger charge is -1.97. The van der Waals surface area contributed by atoms with Crippen LogP contribution in [0.2, 0.25) is 0 Å². The van der Waals surface area contributed by atoms with Gasteiger partial charge >= 0.3 is 0 Å². The van der Waals surface area contributed by atoms with E-state index in [1.54, 1.807) is 0 Å². The van der Waals surface area contributed by atoms with Gasteiger partial charge in [-0.15, -0.1) is 10.2 Å². The lowest BCUT2D eigenvalue weighted by molar-refractivity contribution is 0.638. The van der Waals surface area contributed by atoms with Crippen LogP contribution in [0.15, 0.2) is 15.3 Å². The zero-order valence-corrected chi connectivity index (χ0v) is 10.9. The molecule has 0 aromatic rings. The number of hydrogen-bond acceptors (Lipinski definition) is 4. The lowest BCUT2D eigenvalue weighted by atomic mass is 10.2. The molecule has 0 aliphatic rings. The third-order valence-corrected chi connectivity index (χ3v) is 2.20. The molecule has 0 radical (unpaired) electrons. The Labute approximate surface area is 104 Å². The van der Waals surface area contributed by atoms with Crippen molar-refractivity contribution in [3.05, 3.63) is 0 Å². The number of rotatable bonds is 9. The predicted octanol–water partition coefficient (Wildman–Crippen LogP) is 3.25. The molecule has 0 fully saturated rings. The largest absolute Gasteiger partial charge is 0.307 e. The summed E-state index contributed by atoms with van der Waals surface area (Å²) in [5.41, 5.74) is 2.83. The molecule has 5 nitrogen and oxygen atoms in total. The highest BCUT2D eigenvalue weighted by atomic mass is 15.3. The Hall–Kier alpha value is -1.44. The average Bonchev–Trinajstić information content (AvgIpc) is 2.36. The summed E-state index contributed by atoms with van der Waals surface area (Å²) in [5, 5.41) is 20.3. The van der Waals surface area contributed by atoms with Gasteiger partial charge in [-0.05, 0) is 12.8 Å². The number of nitriles is 1. The fourth-order valence-electron chi connectivity index (χ4n) is 1.20. The van der Waals surface area contributed by atoms with Crippen molar-refractivity contribution >= 4 is 5.84 Å². The average molecular weight is 237 g/mol. The standard InChI is InChI=1S/C12H23N5/c1-3-5-7-9-14-16-12(11-13)17-15-10-8-6-4-2/h14H,3-10H2,1-2H3/b16-12+,17-15+. The molecule has 96 valence electrons. The first-order valence-corrected chi connectivity index (χ1v) is 6.43. The van der Waals surface area contributed by atoms with Crippen molar-refractivity contribution in [3.63, 3.8) is 0 Å². The van der Waals surface area contributed by atoms with Crippen LogP contribution in [0.25, 0.3) is 0 Å². The van der Waals surface area contributed by atoms with E-state index in [-0.39, 0.29) is 5.84 Å². The third-order valence-electron chi connectivity index (χ3n) is 2.20. The van der Waals surface area contributed by atoms with Crippen molar-refractivity contribution in [2.75, 3.05) is 13.1 Å². The number of amidine groups is 1. The van der Waals surface area contributed by atoms with Gasteiger partial charge in [-0.2, -0.15) is 10.4 Å². The zero-order chi connectivity index (χ0) is 12.8. The topological polar surface area (TPSA) is 72.9 Å². The summed E-state index contributed by atoms with van der Waals surface area (Å²) in [6.07, 6.45) is 6.73. The number of nitrogens with zero attached hydrogens (tertiary/aromatic N) is 4. The molecule has 5 heteroatoms. The van der Waals surface area contributed by atoms with Crippen LogP contribution in [0.1, 0.15) is 52.4 Å². The van der Waals surface area contributed by atoms with E-state index in [0.29, 0.717) is 6.54 Å². The highest BCUT2D eigenvalue weighted by molar-refractivity contribution is 5.96. The minimum Gasteiger partial charge on any atom is -0.307 e. The molecular formula is C12H23N5. The molecule has 0 saturated heterocycles. The number of nitrogens with one attached hydrogen (secondary N) is 1. The minimum atomic E-state index is 0.109. The SMILES string of the molecule is CCCCC/N=N/C(C#N)=N/NCCCCC. The van der Waals surface area contributed by atoms with Gasteiger partial charge in [0, 0.05) is 6.54 Å². The van der Waals surface area contributed by atoms with Crippen molar-refractivity contribution < 1.29 is 0 Å². The molecule has 0 aromatic carbocycles. The first kappa shape index (κ1) is 15.6. The van der Waals surface area contributed by atoms with Crippen LogP contribution in [0.4, 0.5) is 0 Å². The van der Waals surface area contributed by atoms with Crippen molar-refractivity contribution in [2.24, 2.45) is 15.3 Å². The third kappa shape index (κ3) is 10.8. The minimum absolute atomic E-state index is 0.109. The smallest absolute Gasteiger partial charge is 0.269 e. The molecule has 1 N–H and O–H groups in total. The Morgan fingerprint density at radius 3 is 2.47 bits per heavy atom. The Kier molecular flexibility index (Phi) is 11.6. The highest BCUT2D eigenvalue weighted by Gasteiger charge is 1.93. The van der Waals surface area contributed by atoms with Crippen LogP contribution < -0.4 is 5.43 Å². The Balaban J connectivity index is 3.74. The second kappa shape index (κ2) is 12.6. The molecule has 0 spiro atoms. The van der Waals surface area contributed by atoms with E-state index in [9.17, 15) is 0 Å². The highest BCUT2D eigenvalue weighted by Crippen LogP contribution is 1.94. The molecule has 17 heavy (non-hydrogen) atoms. The molecule has 0 aromatic heterocycles. The zero-order valence-electron chi connectivity index (χ0n) is 10.9. The van der Waals surface area contributed by atoms with Crippen LogP contribution in [0.3, 0.4) is 0 Å². The summed E-state index contributed by atoms with van der Waals surface area (Å²) in [6, 6.07) is 1.91. The summed E-state index contributed by atoms with van der Waals surface area (Å²) in [4.78, 5) is 0. The molecule has 0 atom stereocenters. The van der Waals surface area contributed by atoms with Crippen LogP contribution in [0.5, 0.6) is 0 Å². The first-order valence-electron chi connectivity index (χ1n) is 6.43. The van der Waals surface area contributed by atoms with Gasteiger partial charge in [0.15, 0.2) is 0 Å². The van der Waals surface area contributed by atoms with E-state index >= 15 is 0 Å². The van der Waals surface area contributed by atoms with Crippen molar-refractivity contribution in [1.82, 2.24) is 5.43 Å². The maximum absolute atomic E-state index is 8.76. The van der Waals surface area contributed by atoms with Gasteiger partial charge in [-0.25, -0.2) is 0 Å². The van der Waals surface area contributed by atoms with Gasteiger partial charge in [0.05, 0.1) is 6.54 Å². The van der Waals surface area contributed by atoms with E-state index in [1.165, 1.54) is 12.8 Å². The molecule has 0 saturated carbocycles. The van der Waals surface area contributed by atoms with Crippen LogP contribution >= 0.6 is 0 Å². The van der Waals surface area contributed by atoms with Gasteiger partial charge in [0.25, 0.3) is 5.84 Å². The van der Waals surface area contributed by atoms with E-state index in [2.05, 4.69) is 34.6 Å². The van der Waals surface area contributed by atoms with Gasteiger partial charge < -0.3 is 5.43 Å². The monoisotopic (exact) mass is 237 g/mol. The maximum atomic E-state index is 8.76. The molecule has 0 bridgehead atoms. The Morgan fingerprint density at radius 1 is 1.12 bits per heavy atom. The molecule has 0 aliphatic heterocycles. The van der Waals surface area contributed by atoms with Gasteiger partial charge in [-0.3, -0.25) is 0 Å². The summed E-state index contributed by atoms with van der Waals surface area (Å²) in [7, 11) is 0. The van der Waals surface area contributed by atoms with E-state index in [4.69, 9.17) is 5.26 Å². The van der Waals surface area contributed by atoms with E-state index < -0.39 is 0 Å². The molecule has 0 amide bonds. The van der Waals surface area contributed by atoms with Gasteiger partial charge in [0.1, 0.15) is 6.07 Å². The molecule has 0 aliphatic carbocycles. The predicted molar refractivity (Wildman–Crippen MR) is 69.8 cm³/mol. The summed E-state index contributed by atoms with van der Waals surface area (Å²) in [5.74, 6) is 0.109. The normalized spacial score (nSPS) is 11.7. The molecule has 0 rings (SSSR count). The molecule has 0 unspecified atom stereocenters. The lowest BCUT2D eigenvalue weighted by Crippen LogP contribution is -2.09. The second-order valence-electron chi connectivity index (χ2n) is 3.83. The summed E-state index contributed by atoms with van der Waals surface area (Å²) in [6.45, 7) is 5.74. The first-order chi connectivity index (χ1) is 8.35. The van der Waals surface area contributed by atoms with Crippen LogP contribution in [0, 0.1) is 11.3 Å². The van der Waals surface area contributed by atoms with Crippen molar-refractivity contribution in [1.29, 1.82) is 5.26 Å². The second-order valence-corrected chi connectivity index (χ2v) is 3.83. The van der Waals surface area contributed by atoms with Crippen LogP contribution in [-0.2, 0) is 0 Å². The fourth-order valence-corrected chi connectivity index (χ4v) is 1.20. The van der Waals surface area contributed by atoms with E-state index in [1.807, 2.05) is 6.07 Å². The Morgan fingerprint density at radius 2 is 1.82 bits per heavy atom. The number of unbranched alkanes of at least 4 members (excludes halogenated alkanes) is 4.